The second-order valence-corrected chi connectivity index (χ2v) is 7.72. The van der Waals surface area contributed by atoms with Gasteiger partial charge in [0.15, 0.2) is 0 Å². The number of anilines is 1. The molecule has 0 unspecified atom stereocenters. The normalized spacial score (nSPS) is 19.9. The maximum atomic E-state index is 12.3. The molecule has 0 bridgehead atoms. The van der Waals surface area contributed by atoms with E-state index in [-0.39, 0.29) is 11.8 Å². The van der Waals surface area contributed by atoms with Crippen molar-refractivity contribution in [3.05, 3.63) is 65.7 Å². The molecule has 2 fully saturated rings. The van der Waals surface area contributed by atoms with Crippen LogP contribution in [0.15, 0.2) is 54.6 Å². The molecule has 5 nitrogen and oxygen atoms in total. The Balaban J connectivity index is 1.23. The molecule has 2 aromatic carbocycles. The number of carbonyl (C=O) groups is 2. The molecule has 2 heterocycles. The maximum absolute atomic E-state index is 12.3. The third-order valence-corrected chi connectivity index (χ3v) is 5.72. The lowest BCUT2D eigenvalue weighted by Gasteiger charge is -2.17. The van der Waals surface area contributed by atoms with Crippen molar-refractivity contribution < 1.29 is 9.59 Å². The number of hydrogen-bond donors (Lipinski definition) is 1. The zero-order valence-electron chi connectivity index (χ0n) is 16.1. The first kappa shape index (κ1) is 18.7. The molecular weight excluding hydrogens is 350 g/mol. The highest BCUT2D eigenvalue weighted by Gasteiger charge is 2.25. The maximum Gasteiger partial charge on any atom is 0.234 e. The number of nitrogens with one attached hydrogen (secondary N) is 1. The van der Waals surface area contributed by atoms with Gasteiger partial charge < -0.3 is 10.2 Å². The second-order valence-electron chi connectivity index (χ2n) is 7.72. The van der Waals surface area contributed by atoms with Crippen LogP contribution >= 0.6 is 0 Å². The molecule has 2 aliphatic rings. The zero-order valence-corrected chi connectivity index (χ0v) is 16.1. The molecule has 0 aliphatic carbocycles. The monoisotopic (exact) mass is 377 g/mol. The van der Waals surface area contributed by atoms with Crippen molar-refractivity contribution in [3.8, 4) is 0 Å². The van der Waals surface area contributed by atoms with Crippen molar-refractivity contribution in [1.29, 1.82) is 0 Å². The molecule has 0 aromatic heterocycles. The van der Waals surface area contributed by atoms with Gasteiger partial charge in [-0.15, -0.1) is 0 Å². The Morgan fingerprint density at radius 2 is 1.82 bits per heavy atom. The first-order valence-electron chi connectivity index (χ1n) is 10.1. The summed E-state index contributed by atoms with van der Waals surface area (Å²) in [6.07, 6.45) is 2.67. The number of amides is 2. The van der Waals surface area contributed by atoms with Crippen LogP contribution in [0.3, 0.4) is 0 Å². The fourth-order valence-electron chi connectivity index (χ4n) is 4.15. The lowest BCUT2D eigenvalue weighted by Crippen LogP contribution is -2.35. The smallest absolute Gasteiger partial charge is 0.234 e. The molecule has 0 radical (unpaired) electrons. The first-order valence-corrected chi connectivity index (χ1v) is 10.1. The van der Waals surface area contributed by atoms with E-state index < -0.39 is 0 Å². The van der Waals surface area contributed by atoms with Gasteiger partial charge in [0.25, 0.3) is 0 Å². The molecule has 4 rings (SSSR count). The van der Waals surface area contributed by atoms with Crippen LogP contribution in [0, 0.1) is 0 Å². The van der Waals surface area contributed by atoms with Crippen LogP contribution in [0.4, 0.5) is 5.69 Å². The van der Waals surface area contributed by atoms with Crippen LogP contribution in [0.25, 0.3) is 0 Å². The van der Waals surface area contributed by atoms with E-state index in [4.69, 9.17) is 0 Å². The molecular formula is C23H27N3O2. The van der Waals surface area contributed by atoms with Gasteiger partial charge in [-0.25, -0.2) is 0 Å². The summed E-state index contributed by atoms with van der Waals surface area (Å²) in [7, 11) is 0. The van der Waals surface area contributed by atoms with E-state index in [2.05, 4.69) is 34.5 Å². The van der Waals surface area contributed by atoms with Gasteiger partial charge in [-0.3, -0.25) is 14.5 Å². The molecule has 28 heavy (non-hydrogen) atoms. The molecule has 2 amide bonds. The van der Waals surface area contributed by atoms with Crippen LogP contribution < -0.4 is 10.2 Å². The van der Waals surface area contributed by atoms with Gasteiger partial charge in [0.2, 0.25) is 11.8 Å². The minimum atomic E-state index is 0.0625. The first-order chi connectivity index (χ1) is 13.7. The van der Waals surface area contributed by atoms with Crippen LogP contribution in [0.2, 0.25) is 0 Å². The van der Waals surface area contributed by atoms with E-state index in [0.29, 0.717) is 25.4 Å². The number of rotatable bonds is 6. The molecule has 2 aromatic rings. The zero-order chi connectivity index (χ0) is 19.3. The summed E-state index contributed by atoms with van der Waals surface area (Å²) in [4.78, 5) is 28.2. The lowest BCUT2D eigenvalue weighted by atomic mass is 9.99. The van der Waals surface area contributed by atoms with Gasteiger partial charge in [0.1, 0.15) is 0 Å². The summed E-state index contributed by atoms with van der Waals surface area (Å²) in [5.74, 6) is 0.780. The molecule has 146 valence electrons. The molecule has 2 aliphatic heterocycles. The van der Waals surface area contributed by atoms with Crippen molar-refractivity contribution in [1.82, 2.24) is 10.2 Å². The minimum Gasteiger partial charge on any atom is -0.351 e. The fourth-order valence-corrected chi connectivity index (χ4v) is 4.15. The Bertz CT molecular complexity index is 820. The standard InChI is InChI=1S/C23H27N3O2/c27-22(17-25-14-12-20(16-25)19-5-2-1-3-6-19)24-15-18-8-10-21(11-9-18)26-13-4-7-23(26)28/h1-3,5-6,8-11,20H,4,7,12-17H2,(H,24,27)/t20-/m1/s1. The second kappa shape index (κ2) is 8.57. The Hall–Kier alpha value is -2.66. The summed E-state index contributed by atoms with van der Waals surface area (Å²) in [5.41, 5.74) is 3.36. The van der Waals surface area contributed by atoms with Gasteiger partial charge in [-0.2, -0.15) is 0 Å². The van der Waals surface area contributed by atoms with Gasteiger partial charge in [0.05, 0.1) is 6.54 Å². The van der Waals surface area contributed by atoms with E-state index in [1.165, 1.54) is 5.56 Å². The van der Waals surface area contributed by atoms with Crippen LogP contribution in [-0.4, -0.2) is 42.9 Å². The molecule has 0 spiro atoms. The Morgan fingerprint density at radius 3 is 2.54 bits per heavy atom. The fraction of sp³-hybridized carbons (Fsp3) is 0.391. The quantitative estimate of drug-likeness (QED) is 0.842. The summed E-state index contributed by atoms with van der Waals surface area (Å²) >= 11 is 0. The van der Waals surface area contributed by atoms with Crippen LogP contribution in [0.5, 0.6) is 0 Å². The SMILES string of the molecule is O=C(CN1CC[C@@H](c2ccccc2)C1)NCc1ccc(N2CCCC2=O)cc1. The summed E-state index contributed by atoms with van der Waals surface area (Å²) in [6.45, 7) is 3.67. The molecule has 2 saturated heterocycles. The average Bonchev–Trinajstić information content (AvgIpc) is 3.36. The third-order valence-electron chi connectivity index (χ3n) is 5.72. The topological polar surface area (TPSA) is 52.7 Å². The molecule has 0 saturated carbocycles. The molecule has 1 atom stereocenters. The van der Waals surface area contributed by atoms with E-state index in [9.17, 15) is 9.59 Å². The van der Waals surface area contributed by atoms with Crippen molar-refractivity contribution in [2.45, 2.75) is 31.7 Å². The third kappa shape index (κ3) is 4.42. The highest BCUT2D eigenvalue weighted by molar-refractivity contribution is 5.95. The lowest BCUT2D eigenvalue weighted by molar-refractivity contribution is -0.122. The predicted molar refractivity (Wildman–Crippen MR) is 110 cm³/mol. The van der Waals surface area contributed by atoms with Crippen LogP contribution in [0.1, 0.15) is 36.3 Å². The van der Waals surface area contributed by atoms with Gasteiger partial charge in [-0.05, 0) is 48.6 Å². The number of benzene rings is 2. The summed E-state index contributed by atoms with van der Waals surface area (Å²) < 4.78 is 0. The Morgan fingerprint density at radius 1 is 1.04 bits per heavy atom. The minimum absolute atomic E-state index is 0.0625. The molecule has 1 N–H and O–H groups in total. The van der Waals surface area contributed by atoms with E-state index in [0.717, 1.165) is 43.7 Å². The van der Waals surface area contributed by atoms with Gasteiger partial charge in [0, 0.05) is 31.7 Å². The Kier molecular flexibility index (Phi) is 5.72. The highest BCUT2D eigenvalue weighted by atomic mass is 16.2. The highest BCUT2D eigenvalue weighted by Crippen LogP contribution is 2.26. The van der Waals surface area contributed by atoms with Crippen molar-refractivity contribution >= 4 is 17.5 Å². The summed E-state index contributed by atoms with van der Waals surface area (Å²) in [5, 5.41) is 3.02. The largest absolute Gasteiger partial charge is 0.351 e. The number of carbonyl (C=O) groups excluding carboxylic acids is 2. The van der Waals surface area contributed by atoms with Crippen molar-refractivity contribution in [2.75, 3.05) is 31.1 Å². The Labute approximate surface area is 166 Å². The van der Waals surface area contributed by atoms with E-state index in [1.807, 2.05) is 35.2 Å². The molecule has 5 heteroatoms. The summed E-state index contributed by atoms with van der Waals surface area (Å²) in [6, 6.07) is 18.5. The van der Waals surface area contributed by atoms with Crippen molar-refractivity contribution in [3.63, 3.8) is 0 Å². The number of hydrogen-bond acceptors (Lipinski definition) is 3. The average molecular weight is 377 g/mol. The van der Waals surface area contributed by atoms with Crippen LogP contribution in [-0.2, 0) is 16.1 Å². The predicted octanol–water partition coefficient (Wildman–Crippen LogP) is 2.92. The number of nitrogens with zero attached hydrogens (tertiary/aromatic N) is 2. The van der Waals surface area contributed by atoms with Gasteiger partial charge >= 0.3 is 0 Å². The number of likely N-dealkylation sites (tertiary alicyclic amines) is 1. The van der Waals surface area contributed by atoms with E-state index in [1.54, 1.807) is 0 Å². The van der Waals surface area contributed by atoms with Gasteiger partial charge in [-0.1, -0.05) is 42.5 Å². The van der Waals surface area contributed by atoms with E-state index >= 15 is 0 Å². The van der Waals surface area contributed by atoms with Crippen molar-refractivity contribution in [2.24, 2.45) is 0 Å².